The van der Waals surface area contributed by atoms with Crippen LogP contribution in [0.4, 0.5) is 4.39 Å². The summed E-state index contributed by atoms with van der Waals surface area (Å²) in [6.07, 6.45) is 0.749. The average Bonchev–Trinajstić information content (AvgIpc) is 3.00. The summed E-state index contributed by atoms with van der Waals surface area (Å²) in [7, 11) is -0.645. The molecule has 2 aliphatic rings. The minimum absolute atomic E-state index is 0.0268. The zero-order chi connectivity index (χ0) is 17.7. The highest BCUT2D eigenvalue weighted by molar-refractivity contribution is 6.62. The van der Waals surface area contributed by atoms with Crippen molar-refractivity contribution in [3.8, 4) is 0 Å². The van der Waals surface area contributed by atoms with Gasteiger partial charge < -0.3 is 19.9 Å². The molecule has 0 saturated carbocycles. The van der Waals surface area contributed by atoms with E-state index in [0.717, 1.165) is 6.42 Å². The number of hydrogen-bond donors (Lipinski definition) is 1. The molecule has 0 radical (unpaired) electrons. The summed E-state index contributed by atoms with van der Waals surface area (Å²) in [6.45, 7) is 8.81. The number of likely N-dealkylation sites (tertiary alicyclic amines) is 1. The number of rotatable bonds is 2. The maximum absolute atomic E-state index is 14.5. The van der Waals surface area contributed by atoms with Gasteiger partial charge >= 0.3 is 7.12 Å². The van der Waals surface area contributed by atoms with E-state index in [0.29, 0.717) is 18.6 Å². The summed E-state index contributed by atoms with van der Waals surface area (Å²) in [5, 5.41) is 0. The van der Waals surface area contributed by atoms with Gasteiger partial charge in [0.05, 0.1) is 16.8 Å². The van der Waals surface area contributed by atoms with Crippen LogP contribution in [0.15, 0.2) is 18.2 Å². The third-order valence-electron chi connectivity index (χ3n) is 5.26. The number of nitrogens with zero attached hydrogens (tertiary/aromatic N) is 1. The summed E-state index contributed by atoms with van der Waals surface area (Å²) in [5.74, 6) is -0.881. The lowest BCUT2D eigenvalue weighted by molar-refractivity contribution is 0.00578. The normalized spacial score (nSPS) is 25.3. The van der Waals surface area contributed by atoms with E-state index >= 15 is 0 Å². The van der Waals surface area contributed by atoms with Crippen LogP contribution in [-0.2, 0) is 9.31 Å². The molecule has 1 amide bonds. The predicted molar refractivity (Wildman–Crippen MR) is 90.6 cm³/mol. The fraction of sp³-hybridized carbons (Fsp3) is 0.588. The first-order chi connectivity index (χ1) is 11.1. The lowest BCUT2D eigenvalue weighted by Crippen LogP contribution is -2.41. The molecule has 2 aliphatic heterocycles. The van der Waals surface area contributed by atoms with E-state index in [9.17, 15) is 9.18 Å². The topological polar surface area (TPSA) is 64.8 Å². The average molecular weight is 334 g/mol. The van der Waals surface area contributed by atoms with Crippen LogP contribution in [0.1, 0.15) is 44.5 Å². The predicted octanol–water partition coefficient (Wildman–Crippen LogP) is 1.30. The molecule has 0 aromatic heterocycles. The van der Waals surface area contributed by atoms with Crippen molar-refractivity contribution in [1.29, 1.82) is 0 Å². The van der Waals surface area contributed by atoms with Gasteiger partial charge in [-0.1, -0.05) is 6.07 Å². The Bertz CT molecular complexity index is 649. The molecule has 2 heterocycles. The summed E-state index contributed by atoms with van der Waals surface area (Å²) in [5.41, 5.74) is 5.46. The van der Waals surface area contributed by atoms with Gasteiger partial charge in [-0.3, -0.25) is 4.79 Å². The standard InChI is InChI=1S/C17H24BFN2O3/c1-16(2)17(3,4)24-18(23-16)11-5-6-13(14(19)9-11)15(22)21-8-7-12(20)10-21/h5-6,9,12H,7-8,10,20H2,1-4H3/t12-/m0/s1. The largest absolute Gasteiger partial charge is 0.494 e. The van der Waals surface area contributed by atoms with Crippen molar-refractivity contribution in [3.63, 3.8) is 0 Å². The monoisotopic (exact) mass is 334 g/mol. The molecular weight excluding hydrogens is 310 g/mol. The summed E-state index contributed by atoms with van der Waals surface area (Å²) < 4.78 is 26.3. The molecule has 0 bridgehead atoms. The van der Waals surface area contributed by atoms with E-state index in [4.69, 9.17) is 15.0 Å². The maximum atomic E-state index is 14.5. The molecule has 1 aromatic carbocycles. The Labute approximate surface area is 142 Å². The summed E-state index contributed by atoms with van der Waals surface area (Å²) in [6, 6.07) is 4.49. The first-order valence-corrected chi connectivity index (χ1v) is 8.31. The van der Waals surface area contributed by atoms with Crippen LogP contribution in [0.3, 0.4) is 0 Å². The van der Waals surface area contributed by atoms with Gasteiger partial charge in [-0.25, -0.2) is 4.39 Å². The second kappa shape index (κ2) is 5.83. The number of halogens is 1. The molecule has 0 aliphatic carbocycles. The van der Waals surface area contributed by atoms with Gasteiger partial charge in [0.15, 0.2) is 0 Å². The molecule has 24 heavy (non-hydrogen) atoms. The third kappa shape index (κ3) is 2.96. The van der Waals surface area contributed by atoms with Gasteiger partial charge in [-0.2, -0.15) is 0 Å². The van der Waals surface area contributed by atoms with Crippen LogP contribution in [0.25, 0.3) is 0 Å². The van der Waals surface area contributed by atoms with E-state index < -0.39 is 24.1 Å². The van der Waals surface area contributed by atoms with Crippen molar-refractivity contribution in [2.24, 2.45) is 5.73 Å². The molecule has 3 rings (SSSR count). The fourth-order valence-electron chi connectivity index (χ4n) is 2.97. The molecule has 5 nitrogen and oxygen atoms in total. The molecule has 2 fully saturated rings. The minimum atomic E-state index is -0.645. The van der Waals surface area contributed by atoms with Gasteiger partial charge in [-0.15, -0.1) is 0 Å². The SMILES string of the molecule is CC1(C)OB(c2ccc(C(=O)N3CC[C@H](N)C3)c(F)c2)OC1(C)C. The zero-order valence-corrected chi connectivity index (χ0v) is 14.6. The third-order valence-corrected chi connectivity index (χ3v) is 5.26. The van der Waals surface area contributed by atoms with Gasteiger partial charge in [0, 0.05) is 19.1 Å². The fourth-order valence-corrected chi connectivity index (χ4v) is 2.97. The summed E-state index contributed by atoms with van der Waals surface area (Å²) >= 11 is 0. The lowest BCUT2D eigenvalue weighted by Gasteiger charge is -2.32. The minimum Gasteiger partial charge on any atom is -0.399 e. The van der Waals surface area contributed by atoms with E-state index in [1.54, 1.807) is 11.0 Å². The Morgan fingerprint density at radius 3 is 2.42 bits per heavy atom. The number of nitrogens with two attached hydrogens (primary N) is 1. The second-order valence-corrected chi connectivity index (χ2v) is 7.63. The molecule has 130 valence electrons. The van der Waals surface area contributed by atoms with Gasteiger partial charge in [-0.05, 0) is 51.7 Å². The van der Waals surface area contributed by atoms with Crippen LogP contribution in [0.5, 0.6) is 0 Å². The quantitative estimate of drug-likeness (QED) is 0.828. The molecule has 0 unspecified atom stereocenters. The molecule has 7 heteroatoms. The van der Waals surface area contributed by atoms with Crippen molar-refractivity contribution >= 4 is 18.5 Å². The van der Waals surface area contributed by atoms with Crippen LogP contribution in [-0.4, -0.2) is 48.3 Å². The molecular formula is C17H24BFN2O3. The summed E-state index contributed by atoms with van der Waals surface area (Å²) in [4.78, 5) is 14.0. The van der Waals surface area contributed by atoms with Crippen molar-refractivity contribution < 1.29 is 18.5 Å². The van der Waals surface area contributed by atoms with Gasteiger partial charge in [0.2, 0.25) is 0 Å². The van der Waals surface area contributed by atoms with Gasteiger partial charge in [0.1, 0.15) is 5.82 Å². The Morgan fingerprint density at radius 2 is 1.92 bits per heavy atom. The van der Waals surface area contributed by atoms with Crippen molar-refractivity contribution in [2.75, 3.05) is 13.1 Å². The Morgan fingerprint density at radius 1 is 1.29 bits per heavy atom. The van der Waals surface area contributed by atoms with Gasteiger partial charge in [0.25, 0.3) is 5.91 Å². The number of amides is 1. The number of benzene rings is 1. The highest BCUT2D eigenvalue weighted by Gasteiger charge is 2.51. The number of carbonyl (C=O) groups excluding carboxylic acids is 1. The first kappa shape index (κ1) is 17.4. The number of hydrogen-bond acceptors (Lipinski definition) is 4. The van der Waals surface area contributed by atoms with Crippen LogP contribution >= 0.6 is 0 Å². The molecule has 0 spiro atoms. The first-order valence-electron chi connectivity index (χ1n) is 8.31. The van der Waals surface area contributed by atoms with E-state index in [1.165, 1.54) is 12.1 Å². The smallest absolute Gasteiger partial charge is 0.399 e. The Balaban J connectivity index is 1.80. The van der Waals surface area contributed by atoms with Crippen molar-refractivity contribution in [2.45, 2.75) is 51.4 Å². The Hall–Kier alpha value is -1.44. The molecule has 2 N–H and O–H groups in total. The van der Waals surface area contributed by atoms with E-state index in [2.05, 4.69) is 0 Å². The van der Waals surface area contributed by atoms with Crippen LogP contribution in [0.2, 0.25) is 0 Å². The highest BCUT2D eigenvalue weighted by atomic mass is 19.1. The Kier molecular flexibility index (Phi) is 4.22. The van der Waals surface area contributed by atoms with Crippen molar-refractivity contribution in [1.82, 2.24) is 4.90 Å². The lowest BCUT2D eigenvalue weighted by atomic mass is 9.78. The maximum Gasteiger partial charge on any atom is 0.494 e. The van der Waals surface area contributed by atoms with Crippen molar-refractivity contribution in [3.05, 3.63) is 29.6 Å². The highest BCUT2D eigenvalue weighted by Crippen LogP contribution is 2.36. The van der Waals surface area contributed by atoms with Crippen LogP contribution < -0.4 is 11.2 Å². The zero-order valence-electron chi connectivity index (χ0n) is 14.6. The number of carbonyl (C=O) groups is 1. The second-order valence-electron chi connectivity index (χ2n) is 7.63. The van der Waals surface area contributed by atoms with E-state index in [1.807, 2.05) is 27.7 Å². The molecule has 2 saturated heterocycles. The molecule has 1 aromatic rings. The van der Waals surface area contributed by atoms with E-state index in [-0.39, 0.29) is 17.5 Å². The van der Waals surface area contributed by atoms with Crippen LogP contribution in [0, 0.1) is 5.82 Å². The molecule has 1 atom stereocenters.